The molecule has 0 bridgehead atoms. The number of hydrogen-bond acceptors (Lipinski definition) is 20. The first kappa shape index (κ1) is 49.0. The summed E-state index contributed by atoms with van der Waals surface area (Å²) in [6, 6.07) is 44.5. The fourth-order valence-corrected chi connectivity index (χ4v) is 18.5. The fourth-order valence-electron chi connectivity index (χ4n) is 6.58. The average molecular weight is 1050 g/mol. The summed E-state index contributed by atoms with van der Waals surface area (Å²) in [5.41, 5.74) is 0. The second kappa shape index (κ2) is 20.7. The van der Waals surface area contributed by atoms with Gasteiger partial charge >= 0.3 is 415 Å². The molecule has 0 aliphatic carbocycles. The molecule has 24 heteroatoms. The van der Waals surface area contributed by atoms with Crippen molar-refractivity contribution in [2.45, 2.75) is 0 Å². The molecule has 9 rings (SSSR count). The van der Waals surface area contributed by atoms with Crippen molar-refractivity contribution < 1.29 is 77.7 Å². The second-order valence-corrected chi connectivity index (χ2v) is 23.1. The maximum atomic E-state index is 12.0. The van der Waals surface area contributed by atoms with E-state index in [2.05, 4.69) is 4.86 Å². The Bertz CT molecular complexity index is 3120. The van der Waals surface area contributed by atoms with E-state index in [-0.39, 0.29) is 23.0 Å². The van der Waals surface area contributed by atoms with E-state index in [0.717, 1.165) is 4.60 Å². The molecule has 8 aromatic rings. The molecule has 0 radical (unpaired) electrons. The molecule has 0 saturated heterocycles. The molecule has 0 spiro atoms. The van der Waals surface area contributed by atoms with Gasteiger partial charge in [0, 0.05) is 0 Å². The van der Waals surface area contributed by atoms with Gasteiger partial charge in [0.1, 0.15) is 0 Å². The number of phenols is 8. The molecule has 0 saturated carbocycles. The molecule has 20 nitrogen and oxygen atoms in total. The van der Waals surface area contributed by atoms with Gasteiger partial charge in [-0.05, 0) is 0 Å². The topological polar surface area (TPSA) is 267 Å². The van der Waals surface area contributed by atoms with Gasteiger partial charge in [-0.2, -0.15) is 0 Å². The predicted molar refractivity (Wildman–Crippen MR) is 268 cm³/mol. The third-order valence-electron chi connectivity index (χ3n) is 9.93. The number of para-hydroxylation sites is 16. The molecule has 72 heavy (non-hydrogen) atoms. The quantitative estimate of drug-likeness (QED) is 0.0407. The van der Waals surface area contributed by atoms with Crippen molar-refractivity contribution in [3.8, 4) is 92.0 Å². The zero-order chi connectivity index (χ0) is 50.3. The molecule has 1 aliphatic rings. The molecule has 0 fully saturated rings. The molecule has 0 amide bonds. The summed E-state index contributed by atoms with van der Waals surface area (Å²) >= 11 is 0. The summed E-state index contributed by atoms with van der Waals surface area (Å²) in [7, 11) is -16.6. The van der Waals surface area contributed by atoms with Crippen molar-refractivity contribution in [2.75, 3.05) is 0 Å². The van der Waals surface area contributed by atoms with Crippen LogP contribution in [0.3, 0.4) is 0 Å². The van der Waals surface area contributed by atoms with Gasteiger partial charge in [-0.25, -0.2) is 0 Å². The van der Waals surface area contributed by atoms with Crippen LogP contribution >= 0.6 is 32.6 Å². The Balaban J connectivity index is 1.55. The average Bonchev–Trinajstić information content (AvgIpc) is 3.37. The number of phenolic OH excluding ortho intramolecular Hbond substituents is 8. The van der Waals surface area contributed by atoms with Crippen molar-refractivity contribution >= 4 is 32.6 Å². The summed E-state index contributed by atoms with van der Waals surface area (Å²) in [5.74, 6) is -7.64. The van der Waals surface area contributed by atoms with Crippen LogP contribution in [0.15, 0.2) is 199 Å². The minimum atomic E-state index is -7.27. The maximum absolute atomic E-state index is 12.0. The second-order valence-electron chi connectivity index (χ2n) is 14.9. The van der Waals surface area contributed by atoms with Crippen LogP contribution in [0.25, 0.3) is 0 Å². The van der Waals surface area contributed by atoms with E-state index in [0.29, 0.717) is 4.60 Å². The number of nitrogens with one attached hydrogen (secondary N) is 1. The van der Waals surface area contributed by atoms with Gasteiger partial charge in [-0.3, -0.25) is 0 Å². The molecule has 2 unspecified atom stereocenters. The van der Waals surface area contributed by atoms with E-state index in [1.807, 2.05) is 0 Å². The van der Waals surface area contributed by atoms with Crippen LogP contribution in [0.1, 0.15) is 0 Å². The Morgan fingerprint density at radius 1 is 0.389 bits per heavy atom. The first-order valence-electron chi connectivity index (χ1n) is 21.2. The molecule has 0 aromatic heterocycles. The number of hydrogen-bond donors (Lipinski definition) is 9. The standard InChI is InChI=1S/C48H42N4O16P4/c53-33-17-1-9-25-41(33)61-51-70(63-43-27-11-3-19-35(43)55)49-69-50-71(64-44-28-12-4-20-36(44)56,65-45-29-13-5-21-37(45)57)52(62-42-26-10-2-18-34(42)54)72(51,66-46-30-14-6-22-38(46)58,67-47-31-15-7-23-39(47)59)68-48-32-16-8-24-40(48)60/h1-32,49,53-60,69H. The normalized spacial score (nSPS) is 17.0. The third kappa shape index (κ3) is 9.84. The van der Waals surface area contributed by atoms with Gasteiger partial charge in [0.2, 0.25) is 0 Å². The van der Waals surface area contributed by atoms with E-state index in [1.165, 1.54) is 188 Å². The molecule has 2 atom stereocenters. The Morgan fingerprint density at radius 3 is 1.03 bits per heavy atom. The summed E-state index contributed by atoms with van der Waals surface area (Å²) < 4.78 is 49.0. The Morgan fingerprint density at radius 2 is 0.681 bits per heavy atom. The van der Waals surface area contributed by atoms with E-state index < -0.39 is 102 Å². The van der Waals surface area contributed by atoms with Gasteiger partial charge in [-0.1, -0.05) is 0 Å². The van der Waals surface area contributed by atoms with Crippen LogP contribution in [0.5, 0.6) is 92.0 Å². The van der Waals surface area contributed by atoms with Gasteiger partial charge < -0.3 is 0 Å². The zero-order valence-electron chi connectivity index (χ0n) is 37.0. The van der Waals surface area contributed by atoms with Gasteiger partial charge in [0.25, 0.3) is 0 Å². The Kier molecular flexibility index (Phi) is 14.1. The molecular weight excluding hydrogens is 1010 g/mol. The number of benzene rings is 8. The summed E-state index contributed by atoms with van der Waals surface area (Å²) in [6.45, 7) is 0. The Labute approximate surface area is 413 Å². The zero-order valence-corrected chi connectivity index (χ0v) is 40.7. The van der Waals surface area contributed by atoms with Gasteiger partial charge in [0.15, 0.2) is 0 Å². The number of rotatable bonds is 16. The number of aromatic hydroxyl groups is 8. The van der Waals surface area contributed by atoms with Gasteiger partial charge in [0.05, 0.1) is 0 Å². The van der Waals surface area contributed by atoms with E-state index in [4.69, 9.17) is 41.3 Å². The van der Waals surface area contributed by atoms with Crippen molar-refractivity contribution in [3.05, 3.63) is 194 Å². The molecule has 1 heterocycles. The van der Waals surface area contributed by atoms with Gasteiger partial charge in [-0.15, -0.1) is 0 Å². The van der Waals surface area contributed by atoms with Crippen molar-refractivity contribution in [1.82, 2.24) is 14.1 Å². The van der Waals surface area contributed by atoms with E-state index in [9.17, 15) is 40.9 Å². The monoisotopic (exact) mass is 1050 g/mol. The third-order valence-corrected chi connectivity index (χ3v) is 20.4. The first-order valence-corrected chi connectivity index (χ1v) is 26.8. The SMILES string of the molecule is Oc1ccccc1ON1P(Oc2ccccc2O)NPN=P(Oc2ccccc2O)(Oc2ccccc2O)N(Oc2ccccc2O)P1(Oc1ccccc1O)(Oc1ccccc1O)Oc1ccccc1O. The molecule has 370 valence electrons. The first-order chi connectivity index (χ1) is 34.9. The van der Waals surface area contributed by atoms with Crippen LogP contribution < -0.4 is 41.7 Å². The fraction of sp³-hybridized carbons (Fsp3) is 0. The summed E-state index contributed by atoms with van der Waals surface area (Å²) in [4.78, 5) is 17.1. The van der Waals surface area contributed by atoms with Crippen molar-refractivity contribution in [1.29, 1.82) is 0 Å². The van der Waals surface area contributed by atoms with Crippen LogP contribution in [-0.4, -0.2) is 50.1 Å². The minimum absolute atomic E-state index is 0.207. The molecular formula is C48H42N4O16P4. The van der Waals surface area contributed by atoms with Crippen LogP contribution in [0.2, 0.25) is 0 Å². The van der Waals surface area contributed by atoms with E-state index >= 15 is 0 Å². The van der Waals surface area contributed by atoms with E-state index in [1.54, 1.807) is 6.07 Å². The van der Waals surface area contributed by atoms with Crippen LogP contribution in [-0.2, 0) is 0 Å². The van der Waals surface area contributed by atoms with Crippen LogP contribution in [0.4, 0.5) is 0 Å². The van der Waals surface area contributed by atoms with Crippen molar-refractivity contribution in [2.24, 2.45) is 4.52 Å². The molecule has 8 aromatic carbocycles. The number of nitrogens with zero attached hydrogens (tertiary/aromatic N) is 3. The summed E-state index contributed by atoms with van der Waals surface area (Å²) in [5, 5.41) is 93.8. The van der Waals surface area contributed by atoms with Crippen molar-refractivity contribution in [3.63, 3.8) is 0 Å². The van der Waals surface area contributed by atoms with Crippen LogP contribution in [0, 0.1) is 0 Å². The molecule has 1 aliphatic heterocycles. The predicted octanol–water partition coefficient (Wildman–Crippen LogP) is 12.1. The molecule has 9 N–H and O–H groups in total. The summed E-state index contributed by atoms with van der Waals surface area (Å²) in [6.07, 6.45) is 0. The Hall–Kier alpha value is -8.04.